The molecule has 0 aliphatic carbocycles. The maximum absolute atomic E-state index is 10.7. The smallest absolute Gasteiger partial charge is 0.267 e. The number of hydrogen-bond donors (Lipinski definition) is 1. The molecule has 82 valence electrons. The summed E-state index contributed by atoms with van der Waals surface area (Å²) in [5.74, 6) is 0. The molecule has 1 rings (SSSR count). The Morgan fingerprint density at radius 3 is 2.53 bits per heavy atom. The lowest BCUT2D eigenvalue weighted by Crippen LogP contribution is -2.16. The minimum Gasteiger partial charge on any atom is -0.267 e. The van der Waals surface area contributed by atoms with E-state index in [0.29, 0.717) is 0 Å². The number of rotatable bonds is 3. The summed E-state index contributed by atoms with van der Waals surface area (Å²) in [4.78, 5) is 9.94. The van der Waals surface area contributed by atoms with Gasteiger partial charge in [-0.3, -0.25) is 14.4 Å². The first-order chi connectivity index (χ1) is 6.95. The van der Waals surface area contributed by atoms with E-state index in [0.717, 1.165) is 4.31 Å². The number of para-hydroxylation sites is 1. The Hall–Kier alpha value is -1.34. The molecule has 0 amide bonds. The van der Waals surface area contributed by atoms with Gasteiger partial charge in [-0.15, -0.1) is 0 Å². The first kappa shape index (κ1) is 11.7. The number of nitro benzene ring substituents is 1. The fourth-order valence-electron chi connectivity index (χ4n) is 1.05. The Morgan fingerprint density at radius 1 is 1.47 bits per heavy atom. The van der Waals surface area contributed by atoms with Gasteiger partial charge in [0.2, 0.25) is 10.9 Å². The molecule has 0 aliphatic rings. The lowest BCUT2D eigenvalue weighted by molar-refractivity contribution is -0.384. The Labute approximate surface area is 92.3 Å². The van der Waals surface area contributed by atoms with Crippen LogP contribution in [0.25, 0.3) is 0 Å². The summed E-state index contributed by atoms with van der Waals surface area (Å²) in [5, 5.41) is 10.6. The van der Waals surface area contributed by atoms with Gasteiger partial charge < -0.3 is 0 Å². The fourth-order valence-corrected chi connectivity index (χ4v) is 1.78. The van der Waals surface area contributed by atoms with Crippen LogP contribution in [0, 0.1) is 10.1 Å². The molecule has 0 aliphatic heterocycles. The lowest BCUT2D eigenvalue weighted by Gasteiger charge is -2.12. The highest BCUT2D eigenvalue weighted by Gasteiger charge is 2.21. The minimum atomic E-state index is -2.95. The van der Waals surface area contributed by atoms with Crippen molar-refractivity contribution in [2.45, 2.75) is 0 Å². The Kier molecular flexibility index (Phi) is 3.48. The van der Waals surface area contributed by atoms with Crippen LogP contribution >= 0.6 is 11.6 Å². The lowest BCUT2D eigenvalue weighted by atomic mass is 10.3. The minimum absolute atomic E-state index is 0.0194. The Balaban J connectivity index is 3.43. The Morgan fingerprint density at radius 2 is 2.07 bits per heavy atom. The predicted octanol–water partition coefficient (Wildman–Crippen LogP) is 1.21. The van der Waals surface area contributed by atoms with E-state index in [4.69, 9.17) is 11.6 Å². The molecule has 0 saturated heterocycles. The second-order valence-electron chi connectivity index (χ2n) is 2.63. The topological polar surface area (TPSA) is 80.5 Å². The number of anilines is 1. The SMILES string of the molecule is CN(c1c(Cl)cccc1[N+](=O)[O-])[SH](=O)=O. The van der Waals surface area contributed by atoms with Gasteiger partial charge in [0.15, 0.2) is 0 Å². The monoisotopic (exact) mass is 250 g/mol. The van der Waals surface area contributed by atoms with Crippen molar-refractivity contribution in [1.82, 2.24) is 0 Å². The summed E-state index contributed by atoms with van der Waals surface area (Å²) in [5.41, 5.74) is -0.468. The molecule has 6 nitrogen and oxygen atoms in total. The van der Waals surface area contributed by atoms with Crippen molar-refractivity contribution in [1.29, 1.82) is 0 Å². The van der Waals surface area contributed by atoms with Crippen LogP contribution < -0.4 is 4.31 Å². The van der Waals surface area contributed by atoms with Crippen molar-refractivity contribution in [2.24, 2.45) is 0 Å². The summed E-state index contributed by atoms with van der Waals surface area (Å²) < 4.78 is 22.2. The van der Waals surface area contributed by atoms with Crippen LogP contribution in [0.3, 0.4) is 0 Å². The zero-order valence-corrected chi connectivity index (χ0v) is 9.24. The van der Waals surface area contributed by atoms with Gasteiger partial charge in [-0.1, -0.05) is 17.7 Å². The molecule has 8 heteroatoms. The molecule has 0 unspecified atom stereocenters. The van der Waals surface area contributed by atoms with Crippen LogP contribution in [0.2, 0.25) is 5.02 Å². The Bertz CT molecular complexity index is 466. The molecular weight excluding hydrogens is 244 g/mol. The molecule has 0 bridgehead atoms. The van der Waals surface area contributed by atoms with Gasteiger partial charge in [0.25, 0.3) is 5.69 Å². The second kappa shape index (κ2) is 4.45. The molecule has 1 aromatic carbocycles. The molecule has 0 heterocycles. The number of benzene rings is 1. The number of hydrogen-bond acceptors (Lipinski definition) is 4. The quantitative estimate of drug-likeness (QED) is 0.497. The molecule has 0 fully saturated rings. The maximum Gasteiger partial charge on any atom is 0.295 e. The van der Waals surface area contributed by atoms with E-state index in [-0.39, 0.29) is 16.4 Å². The van der Waals surface area contributed by atoms with Gasteiger partial charge in [0.1, 0.15) is 5.69 Å². The molecule has 0 saturated carbocycles. The number of nitro groups is 1. The van der Waals surface area contributed by atoms with Crippen LogP contribution in [0.4, 0.5) is 11.4 Å². The zero-order valence-electron chi connectivity index (χ0n) is 7.58. The molecule has 0 spiro atoms. The van der Waals surface area contributed by atoms with E-state index < -0.39 is 15.8 Å². The largest absolute Gasteiger partial charge is 0.295 e. The number of thiol groups is 1. The van der Waals surface area contributed by atoms with E-state index in [9.17, 15) is 18.5 Å². The van der Waals surface area contributed by atoms with Crippen LogP contribution in [0.15, 0.2) is 18.2 Å². The van der Waals surface area contributed by atoms with Crippen molar-refractivity contribution in [3.63, 3.8) is 0 Å². The standard InChI is InChI=1S/C7H7ClN2O4S/c1-9(15(13)14)7-5(8)3-2-4-6(7)10(11)12/h2-4,15H,1H3. The highest BCUT2D eigenvalue weighted by atomic mass is 35.5. The summed E-state index contributed by atoms with van der Waals surface area (Å²) in [6.07, 6.45) is 0. The van der Waals surface area contributed by atoms with Gasteiger partial charge in [0, 0.05) is 13.1 Å². The van der Waals surface area contributed by atoms with Gasteiger partial charge in [0.05, 0.1) is 9.95 Å². The summed E-state index contributed by atoms with van der Waals surface area (Å²) >= 11 is 5.70. The van der Waals surface area contributed by atoms with E-state index in [2.05, 4.69) is 0 Å². The van der Waals surface area contributed by atoms with Crippen molar-refractivity contribution >= 4 is 33.9 Å². The molecule has 15 heavy (non-hydrogen) atoms. The molecule has 0 atom stereocenters. The van der Waals surface area contributed by atoms with Gasteiger partial charge in [-0.05, 0) is 6.07 Å². The van der Waals surface area contributed by atoms with Crippen LogP contribution in [0.5, 0.6) is 0 Å². The van der Waals surface area contributed by atoms with Crippen LogP contribution in [-0.2, 0) is 10.9 Å². The van der Waals surface area contributed by atoms with Gasteiger partial charge in [-0.2, -0.15) is 0 Å². The van der Waals surface area contributed by atoms with Crippen molar-refractivity contribution in [2.75, 3.05) is 11.4 Å². The van der Waals surface area contributed by atoms with Crippen LogP contribution in [0.1, 0.15) is 0 Å². The maximum atomic E-state index is 10.7. The highest BCUT2D eigenvalue weighted by Crippen LogP contribution is 2.34. The van der Waals surface area contributed by atoms with Crippen molar-refractivity contribution in [3.05, 3.63) is 33.3 Å². The first-order valence-corrected chi connectivity index (χ1v) is 5.27. The number of halogens is 1. The van der Waals surface area contributed by atoms with Crippen LogP contribution in [-0.4, -0.2) is 20.4 Å². The van der Waals surface area contributed by atoms with E-state index in [1.54, 1.807) is 0 Å². The third kappa shape index (κ3) is 2.37. The van der Waals surface area contributed by atoms with Crippen molar-refractivity contribution in [3.8, 4) is 0 Å². The number of nitrogens with zero attached hydrogens (tertiary/aromatic N) is 2. The third-order valence-electron chi connectivity index (χ3n) is 1.73. The molecule has 0 N–H and O–H groups in total. The summed E-state index contributed by atoms with van der Waals surface area (Å²) in [6.45, 7) is 0. The summed E-state index contributed by atoms with van der Waals surface area (Å²) in [7, 11) is -1.76. The third-order valence-corrected chi connectivity index (χ3v) is 2.73. The van der Waals surface area contributed by atoms with Crippen molar-refractivity contribution < 1.29 is 13.3 Å². The second-order valence-corrected chi connectivity index (χ2v) is 4.11. The zero-order chi connectivity index (χ0) is 11.6. The van der Waals surface area contributed by atoms with Gasteiger partial charge >= 0.3 is 0 Å². The molecule has 1 aromatic rings. The normalized spacial score (nSPS) is 10.3. The van der Waals surface area contributed by atoms with E-state index in [1.807, 2.05) is 0 Å². The van der Waals surface area contributed by atoms with E-state index >= 15 is 0 Å². The molecule has 0 radical (unpaired) electrons. The molecular formula is C7H7ClN2O4S. The summed E-state index contributed by atoms with van der Waals surface area (Å²) in [6, 6.07) is 3.96. The van der Waals surface area contributed by atoms with E-state index in [1.165, 1.54) is 25.2 Å². The fraction of sp³-hybridized carbons (Fsp3) is 0.143. The first-order valence-electron chi connectivity index (χ1n) is 3.76. The van der Waals surface area contributed by atoms with Gasteiger partial charge in [-0.25, -0.2) is 8.42 Å². The average Bonchev–Trinajstić information content (AvgIpc) is 2.16. The molecule has 0 aromatic heterocycles. The average molecular weight is 251 g/mol. The predicted molar refractivity (Wildman–Crippen MR) is 56.8 cm³/mol. The highest BCUT2D eigenvalue weighted by molar-refractivity contribution is 7.74.